The second-order valence-corrected chi connectivity index (χ2v) is 13.2. The Labute approximate surface area is 243 Å². The first kappa shape index (κ1) is 27.1. The van der Waals surface area contributed by atoms with Gasteiger partial charge in [0.2, 0.25) is 11.8 Å². The van der Waals surface area contributed by atoms with Gasteiger partial charge < -0.3 is 19.8 Å². The van der Waals surface area contributed by atoms with Crippen LogP contribution < -0.4 is 9.80 Å². The van der Waals surface area contributed by atoms with Crippen LogP contribution in [-0.4, -0.2) is 69.5 Å². The third-order valence-corrected chi connectivity index (χ3v) is 10.6. The standard InChI is InChI=1S/C31H32ClN3O4S/c1-30-15-7-18-33(22-9-3-2-4-10-22)27(37)24(30)25-28(38)35(17-5-6-20-36)26-29(39)34(19-8-16-31(25,26)40-30)23-13-11-21(32)12-14-23/h2-4,7-16,24-26,36H,5-6,17-20H2,1H3/t24-,25-,26?,30+,31-/m0/s1. The summed E-state index contributed by atoms with van der Waals surface area (Å²) in [7, 11) is 0. The summed E-state index contributed by atoms with van der Waals surface area (Å²) in [5.74, 6) is -1.79. The van der Waals surface area contributed by atoms with Crippen molar-refractivity contribution in [1.29, 1.82) is 0 Å². The van der Waals surface area contributed by atoms with Crippen molar-refractivity contribution in [2.24, 2.45) is 11.8 Å². The van der Waals surface area contributed by atoms with Gasteiger partial charge in [-0.1, -0.05) is 54.1 Å². The van der Waals surface area contributed by atoms with Crippen molar-refractivity contribution in [3.63, 3.8) is 0 Å². The monoisotopic (exact) mass is 577 g/mol. The van der Waals surface area contributed by atoms with E-state index in [2.05, 4.69) is 6.08 Å². The maximum atomic E-state index is 14.5. The molecule has 2 aromatic rings. The van der Waals surface area contributed by atoms with E-state index in [4.69, 9.17) is 11.6 Å². The molecule has 7 nitrogen and oxygen atoms in total. The Hall–Kier alpha value is -3.07. The number of amides is 3. The zero-order valence-electron chi connectivity index (χ0n) is 22.3. The predicted molar refractivity (Wildman–Crippen MR) is 158 cm³/mol. The summed E-state index contributed by atoms with van der Waals surface area (Å²) in [6, 6.07) is 15.9. The highest BCUT2D eigenvalue weighted by molar-refractivity contribution is 8.02. The van der Waals surface area contributed by atoms with E-state index in [1.807, 2.05) is 67.6 Å². The Bertz CT molecular complexity index is 1380. The van der Waals surface area contributed by atoms with Crippen LogP contribution in [0, 0.1) is 11.8 Å². The van der Waals surface area contributed by atoms with Gasteiger partial charge in [-0.05, 0) is 56.2 Å². The molecule has 2 saturated heterocycles. The molecule has 3 amide bonds. The Morgan fingerprint density at radius 2 is 1.50 bits per heavy atom. The van der Waals surface area contributed by atoms with Gasteiger partial charge in [-0.25, -0.2) is 0 Å². The van der Waals surface area contributed by atoms with Gasteiger partial charge in [0.15, 0.2) is 0 Å². The fourth-order valence-corrected chi connectivity index (χ4v) is 9.13. The van der Waals surface area contributed by atoms with Crippen molar-refractivity contribution >= 4 is 52.5 Å². The number of hydrogen-bond acceptors (Lipinski definition) is 5. The van der Waals surface area contributed by atoms with Crippen LogP contribution in [0.5, 0.6) is 0 Å². The van der Waals surface area contributed by atoms with Crippen LogP contribution in [0.1, 0.15) is 19.8 Å². The first-order valence-corrected chi connectivity index (χ1v) is 14.9. The molecule has 4 aliphatic rings. The van der Waals surface area contributed by atoms with E-state index in [9.17, 15) is 19.5 Å². The number of carbonyl (C=O) groups excluding carboxylic acids is 3. The Morgan fingerprint density at radius 3 is 2.20 bits per heavy atom. The van der Waals surface area contributed by atoms with Gasteiger partial charge in [0.05, 0.1) is 16.6 Å². The minimum Gasteiger partial charge on any atom is -0.396 e. The van der Waals surface area contributed by atoms with E-state index < -0.39 is 27.4 Å². The third-order valence-electron chi connectivity index (χ3n) is 8.57. The van der Waals surface area contributed by atoms with Gasteiger partial charge >= 0.3 is 0 Å². The van der Waals surface area contributed by atoms with Gasteiger partial charge in [0.1, 0.15) is 6.04 Å². The molecular weight excluding hydrogens is 546 g/mol. The number of rotatable bonds is 6. The van der Waals surface area contributed by atoms with E-state index >= 15 is 0 Å². The fraction of sp³-hybridized carbons (Fsp3) is 0.387. The number of unbranched alkanes of at least 4 members (excludes halogenated alkanes) is 1. The van der Waals surface area contributed by atoms with Crippen molar-refractivity contribution < 1.29 is 19.5 Å². The number of nitrogens with zero attached hydrogens (tertiary/aromatic N) is 3. The number of anilines is 2. The molecule has 4 heterocycles. The van der Waals surface area contributed by atoms with Crippen molar-refractivity contribution in [3.8, 4) is 0 Å². The van der Waals surface area contributed by atoms with Crippen LogP contribution >= 0.6 is 23.4 Å². The number of carbonyl (C=O) groups is 3. The SMILES string of the molecule is C[C@@]12C=CCN(c3ccccc3)C(=O)[C@@H]1[C@H]1C(=O)N(CCCCO)C3C(=O)N(c4ccc(Cl)cc4)CC=C[C@@]31S2. The number of halogens is 1. The number of fused-ring (bicyclic) bond motifs is 2. The minimum absolute atomic E-state index is 0.0107. The molecule has 2 aromatic carbocycles. The number of aliphatic hydroxyl groups excluding tert-OH is 1. The van der Waals surface area contributed by atoms with Gasteiger partial charge in [0, 0.05) is 47.4 Å². The normalized spacial score (nSPS) is 31.2. The molecule has 1 N–H and O–H groups in total. The summed E-state index contributed by atoms with van der Waals surface area (Å²) in [6.45, 7) is 3.15. The van der Waals surface area contributed by atoms with E-state index in [1.54, 1.807) is 38.6 Å². The molecule has 40 heavy (non-hydrogen) atoms. The minimum atomic E-state index is -0.909. The maximum Gasteiger partial charge on any atom is 0.251 e. The third kappa shape index (κ3) is 4.19. The molecule has 0 radical (unpaired) electrons. The molecule has 9 heteroatoms. The van der Waals surface area contributed by atoms with Gasteiger partial charge in [-0.3, -0.25) is 14.4 Å². The van der Waals surface area contributed by atoms with Gasteiger partial charge in [0.25, 0.3) is 5.91 Å². The topological polar surface area (TPSA) is 81.2 Å². The average Bonchev–Trinajstić information content (AvgIpc) is 3.21. The molecule has 1 unspecified atom stereocenters. The zero-order valence-corrected chi connectivity index (χ0v) is 23.9. The van der Waals surface area contributed by atoms with Crippen molar-refractivity contribution in [2.75, 3.05) is 36.0 Å². The molecule has 4 aliphatic heterocycles. The van der Waals surface area contributed by atoms with Crippen LogP contribution in [0.4, 0.5) is 11.4 Å². The van der Waals surface area contributed by atoms with E-state index in [0.717, 1.165) is 5.69 Å². The Kier molecular flexibility index (Phi) is 7.05. The van der Waals surface area contributed by atoms with E-state index in [0.29, 0.717) is 43.2 Å². The summed E-state index contributed by atoms with van der Waals surface area (Å²) in [5.41, 5.74) is 1.49. The number of hydrogen-bond donors (Lipinski definition) is 1. The second kappa shape index (κ2) is 10.4. The molecule has 0 saturated carbocycles. The molecule has 0 bridgehead atoms. The predicted octanol–water partition coefficient (Wildman–Crippen LogP) is 4.31. The average molecular weight is 578 g/mol. The first-order valence-electron chi connectivity index (χ1n) is 13.7. The highest BCUT2D eigenvalue weighted by atomic mass is 35.5. The molecule has 1 spiro atoms. The highest BCUT2D eigenvalue weighted by Crippen LogP contribution is 2.65. The quantitative estimate of drug-likeness (QED) is 0.409. The summed E-state index contributed by atoms with van der Waals surface area (Å²) in [4.78, 5) is 48.4. The second-order valence-electron chi connectivity index (χ2n) is 11.0. The maximum absolute atomic E-state index is 14.5. The number of aliphatic hydroxyl groups is 1. The lowest BCUT2D eigenvalue weighted by molar-refractivity contribution is -0.139. The molecule has 6 rings (SSSR count). The van der Waals surface area contributed by atoms with Crippen LogP contribution in [0.2, 0.25) is 5.02 Å². The fourth-order valence-electron chi connectivity index (χ4n) is 6.85. The molecule has 5 atom stereocenters. The Balaban J connectivity index is 1.45. The van der Waals surface area contributed by atoms with Gasteiger partial charge in [-0.2, -0.15) is 0 Å². The Morgan fingerprint density at radius 1 is 0.850 bits per heavy atom. The lowest BCUT2D eigenvalue weighted by Crippen LogP contribution is -2.53. The molecule has 0 aliphatic carbocycles. The van der Waals surface area contributed by atoms with E-state index in [1.165, 1.54) is 0 Å². The molecule has 0 aromatic heterocycles. The van der Waals surface area contributed by atoms with Crippen molar-refractivity contribution in [1.82, 2.24) is 4.90 Å². The first-order chi connectivity index (χ1) is 19.3. The summed E-state index contributed by atoms with van der Waals surface area (Å²) in [6.07, 6.45) is 9.16. The lowest BCUT2D eigenvalue weighted by atomic mass is 9.74. The highest BCUT2D eigenvalue weighted by Gasteiger charge is 2.73. The van der Waals surface area contributed by atoms with Crippen LogP contribution in [0.15, 0.2) is 78.9 Å². The number of para-hydroxylation sites is 1. The zero-order chi connectivity index (χ0) is 28.1. The summed E-state index contributed by atoms with van der Waals surface area (Å²) < 4.78 is -1.58. The van der Waals surface area contributed by atoms with Crippen molar-refractivity contribution in [2.45, 2.75) is 35.3 Å². The number of benzene rings is 2. The number of likely N-dealkylation sites (tertiary alicyclic amines) is 1. The summed E-state index contributed by atoms with van der Waals surface area (Å²) >= 11 is 7.70. The largest absolute Gasteiger partial charge is 0.396 e. The van der Waals surface area contributed by atoms with Crippen LogP contribution in [-0.2, 0) is 14.4 Å². The van der Waals surface area contributed by atoms with Crippen LogP contribution in [0.25, 0.3) is 0 Å². The summed E-state index contributed by atoms with van der Waals surface area (Å²) in [5, 5.41) is 10.0. The van der Waals surface area contributed by atoms with Gasteiger partial charge in [-0.15, -0.1) is 11.8 Å². The molecule has 2 fully saturated rings. The van der Waals surface area contributed by atoms with Crippen molar-refractivity contribution in [3.05, 3.63) is 83.9 Å². The number of thioether (sulfide) groups is 1. The smallest absolute Gasteiger partial charge is 0.251 e. The van der Waals surface area contributed by atoms with E-state index in [-0.39, 0.29) is 24.3 Å². The molecular formula is C31H32ClN3O4S. The lowest BCUT2D eigenvalue weighted by Gasteiger charge is -2.37. The van der Waals surface area contributed by atoms with Crippen LogP contribution in [0.3, 0.4) is 0 Å². The molecule has 208 valence electrons.